The SMILES string of the molecule is O=C(Nc1ccc(O)cc1)N1CCN(c2ncccc2Cl)CC1. The molecule has 1 aliphatic rings. The van der Waals surface area contributed by atoms with Crippen LogP contribution < -0.4 is 10.2 Å². The second kappa shape index (κ2) is 6.75. The summed E-state index contributed by atoms with van der Waals surface area (Å²) in [6.45, 7) is 2.55. The molecule has 0 bridgehead atoms. The molecule has 1 aromatic heterocycles. The fourth-order valence-electron chi connectivity index (χ4n) is 2.48. The van der Waals surface area contributed by atoms with Crippen molar-refractivity contribution in [1.29, 1.82) is 0 Å². The number of pyridine rings is 1. The summed E-state index contributed by atoms with van der Waals surface area (Å²) < 4.78 is 0. The summed E-state index contributed by atoms with van der Waals surface area (Å²) in [7, 11) is 0. The largest absolute Gasteiger partial charge is 0.508 e. The van der Waals surface area contributed by atoms with E-state index in [1.807, 2.05) is 6.07 Å². The van der Waals surface area contributed by atoms with E-state index in [9.17, 15) is 9.90 Å². The Balaban J connectivity index is 1.57. The zero-order chi connectivity index (χ0) is 16.2. The number of phenols is 1. The van der Waals surface area contributed by atoms with Crippen molar-refractivity contribution >= 4 is 29.1 Å². The number of hydrogen-bond donors (Lipinski definition) is 2. The minimum atomic E-state index is -0.151. The number of benzene rings is 1. The smallest absolute Gasteiger partial charge is 0.321 e. The first kappa shape index (κ1) is 15.4. The van der Waals surface area contributed by atoms with Gasteiger partial charge in [0.2, 0.25) is 0 Å². The predicted octanol–water partition coefficient (Wildman–Crippen LogP) is 2.79. The predicted molar refractivity (Wildman–Crippen MR) is 90.2 cm³/mol. The number of nitrogens with one attached hydrogen (secondary N) is 1. The maximum Gasteiger partial charge on any atom is 0.321 e. The first-order valence-corrected chi connectivity index (χ1v) is 7.72. The summed E-state index contributed by atoms with van der Waals surface area (Å²) in [5.41, 5.74) is 0.656. The third-order valence-electron chi connectivity index (χ3n) is 3.72. The third-order valence-corrected chi connectivity index (χ3v) is 4.02. The van der Waals surface area contributed by atoms with Crippen LogP contribution in [0.5, 0.6) is 5.75 Å². The number of carbonyl (C=O) groups is 1. The average Bonchev–Trinajstić information content (AvgIpc) is 2.57. The normalized spacial score (nSPS) is 14.7. The molecule has 2 heterocycles. The Hall–Kier alpha value is -2.47. The summed E-state index contributed by atoms with van der Waals surface area (Å²) in [5, 5.41) is 12.7. The van der Waals surface area contributed by atoms with Gasteiger partial charge in [-0.3, -0.25) is 0 Å². The number of rotatable bonds is 2. The van der Waals surface area contributed by atoms with Crippen LogP contribution in [-0.2, 0) is 0 Å². The van der Waals surface area contributed by atoms with Gasteiger partial charge in [-0.15, -0.1) is 0 Å². The van der Waals surface area contributed by atoms with Crippen LogP contribution in [0, 0.1) is 0 Å². The Bertz CT molecular complexity index is 685. The summed E-state index contributed by atoms with van der Waals surface area (Å²) in [6.07, 6.45) is 1.71. The van der Waals surface area contributed by atoms with Crippen molar-refractivity contribution in [3.8, 4) is 5.75 Å². The lowest BCUT2D eigenvalue weighted by atomic mass is 10.3. The topological polar surface area (TPSA) is 68.7 Å². The van der Waals surface area contributed by atoms with E-state index in [1.165, 1.54) is 12.1 Å². The Kier molecular flexibility index (Phi) is 4.52. The number of nitrogens with zero attached hydrogens (tertiary/aromatic N) is 3. The van der Waals surface area contributed by atoms with E-state index < -0.39 is 0 Å². The minimum absolute atomic E-state index is 0.151. The number of halogens is 1. The van der Waals surface area contributed by atoms with Crippen LogP contribution >= 0.6 is 11.6 Å². The van der Waals surface area contributed by atoms with Crippen LogP contribution in [0.2, 0.25) is 5.02 Å². The molecule has 7 heteroatoms. The summed E-state index contributed by atoms with van der Waals surface area (Å²) >= 11 is 6.16. The number of phenolic OH excluding ortho intramolecular Hbond substituents is 1. The van der Waals surface area contributed by atoms with E-state index in [2.05, 4.69) is 15.2 Å². The fourth-order valence-corrected chi connectivity index (χ4v) is 2.72. The number of anilines is 2. The average molecular weight is 333 g/mol. The van der Waals surface area contributed by atoms with Crippen molar-refractivity contribution in [1.82, 2.24) is 9.88 Å². The molecule has 1 aromatic carbocycles. The second-order valence-electron chi connectivity index (χ2n) is 5.26. The Morgan fingerprint density at radius 2 is 1.83 bits per heavy atom. The monoisotopic (exact) mass is 332 g/mol. The van der Waals surface area contributed by atoms with Gasteiger partial charge >= 0.3 is 6.03 Å². The molecular formula is C16H17ClN4O2. The first-order chi connectivity index (χ1) is 11.1. The number of piperazine rings is 1. The molecule has 3 rings (SSSR count). The van der Waals surface area contributed by atoms with E-state index in [0.717, 1.165) is 5.82 Å². The van der Waals surface area contributed by atoms with Gasteiger partial charge in [0.1, 0.15) is 11.6 Å². The summed E-state index contributed by atoms with van der Waals surface area (Å²) in [4.78, 5) is 20.4. The van der Waals surface area contributed by atoms with Crippen LogP contribution in [0.25, 0.3) is 0 Å². The maximum atomic E-state index is 12.3. The number of amides is 2. The molecule has 1 aliphatic heterocycles. The molecule has 1 fully saturated rings. The molecule has 0 saturated carbocycles. The Morgan fingerprint density at radius 3 is 2.48 bits per heavy atom. The van der Waals surface area contributed by atoms with Crippen LogP contribution in [0.15, 0.2) is 42.6 Å². The third kappa shape index (κ3) is 3.65. The standard InChI is InChI=1S/C16H17ClN4O2/c17-14-2-1-7-18-15(14)20-8-10-21(11-9-20)16(23)19-12-3-5-13(22)6-4-12/h1-7,22H,8-11H2,(H,19,23). The lowest BCUT2D eigenvalue weighted by Crippen LogP contribution is -2.50. The van der Waals surface area contributed by atoms with Crippen LogP contribution in [-0.4, -0.2) is 47.2 Å². The number of carbonyl (C=O) groups excluding carboxylic acids is 1. The molecule has 120 valence electrons. The quantitative estimate of drug-likeness (QED) is 0.830. The van der Waals surface area contributed by atoms with Gasteiger partial charge in [-0.25, -0.2) is 9.78 Å². The van der Waals surface area contributed by atoms with E-state index in [1.54, 1.807) is 29.3 Å². The van der Waals surface area contributed by atoms with E-state index in [4.69, 9.17) is 11.6 Å². The van der Waals surface area contributed by atoms with Crippen molar-refractivity contribution in [2.24, 2.45) is 0 Å². The van der Waals surface area contributed by atoms with Gasteiger partial charge in [0, 0.05) is 38.1 Å². The number of aromatic nitrogens is 1. The number of urea groups is 1. The molecule has 6 nitrogen and oxygen atoms in total. The van der Waals surface area contributed by atoms with Crippen LogP contribution in [0.3, 0.4) is 0 Å². The highest BCUT2D eigenvalue weighted by atomic mass is 35.5. The van der Waals surface area contributed by atoms with Crippen molar-refractivity contribution in [3.63, 3.8) is 0 Å². The highest BCUT2D eigenvalue weighted by Gasteiger charge is 2.23. The van der Waals surface area contributed by atoms with Crippen LogP contribution in [0.1, 0.15) is 0 Å². The highest BCUT2D eigenvalue weighted by Crippen LogP contribution is 2.23. The van der Waals surface area contributed by atoms with Gasteiger partial charge < -0.3 is 20.2 Å². The molecule has 0 atom stereocenters. The number of aromatic hydroxyl groups is 1. The van der Waals surface area contributed by atoms with Gasteiger partial charge in [-0.1, -0.05) is 11.6 Å². The molecule has 2 aromatic rings. The van der Waals surface area contributed by atoms with E-state index in [-0.39, 0.29) is 11.8 Å². The second-order valence-corrected chi connectivity index (χ2v) is 5.67. The van der Waals surface area contributed by atoms with Crippen LogP contribution in [0.4, 0.5) is 16.3 Å². The van der Waals surface area contributed by atoms with E-state index in [0.29, 0.717) is 36.9 Å². The highest BCUT2D eigenvalue weighted by molar-refractivity contribution is 6.32. The molecule has 0 spiro atoms. The molecule has 1 saturated heterocycles. The zero-order valence-corrected chi connectivity index (χ0v) is 13.2. The molecule has 0 aliphatic carbocycles. The summed E-state index contributed by atoms with van der Waals surface area (Å²) in [6, 6.07) is 9.87. The van der Waals surface area contributed by atoms with Crippen molar-refractivity contribution < 1.29 is 9.90 Å². The van der Waals surface area contributed by atoms with Gasteiger partial charge in [0.25, 0.3) is 0 Å². The molecule has 0 unspecified atom stereocenters. The minimum Gasteiger partial charge on any atom is -0.508 e. The van der Waals surface area contributed by atoms with Gasteiger partial charge in [-0.2, -0.15) is 0 Å². The first-order valence-electron chi connectivity index (χ1n) is 7.34. The van der Waals surface area contributed by atoms with Crippen molar-refractivity contribution in [2.45, 2.75) is 0 Å². The zero-order valence-electron chi connectivity index (χ0n) is 12.4. The van der Waals surface area contributed by atoms with Crippen molar-refractivity contribution in [3.05, 3.63) is 47.6 Å². The molecular weight excluding hydrogens is 316 g/mol. The Labute approximate surface area is 139 Å². The van der Waals surface area contributed by atoms with Gasteiger partial charge in [-0.05, 0) is 36.4 Å². The maximum absolute atomic E-state index is 12.3. The number of hydrogen-bond acceptors (Lipinski definition) is 4. The van der Waals surface area contributed by atoms with Gasteiger partial charge in [0.15, 0.2) is 0 Å². The van der Waals surface area contributed by atoms with Gasteiger partial charge in [0.05, 0.1) is 5.02 Å². The lowest BCUT2D eigenvalue weighted by Gasteiger charge is -2.35. The van der Waals surface area contributed by atoms with Crippen molar-refractivity contribution in [2.75, 3.05) is 36.4 Å². The summed E-state index contributed by atoms with van der Waals surface area (Å²) in [5.74, 6) is 0.927. The lowest BCUT2D eigenvalue weighted by molar-refractivity contribution is 0.208. The Morgan fingerprint density at radius 1 is 1.13 bits per heavy atom. The molecule has 2 amide bonds. The molecule has 0 radical (unpaired) electrons. The molecule has 23 heavy (non-hydrogen) atoms. The fraction of sp³-hybridized carbons (Fsp3) is 0.250. The van der Waals surface area contributed by atoms with E-state index >= 15 is 0 Å². The molecule has 2 N–H and O–H groups in total.